The minimum absolute atomic E-state index is 0.208. The molecule has 5 heteroatoms. The molecule has 0 aliphatic carbocycles. The second-order valence-corrected chi connectivity index (χ2v) is 3.89. The Morgan fingerprint density at radius 2 is 2.00 bits per heavy atom. The molecule has 0 bridgehead atoms. The summed E-state index contributed by atoms with van der Waals surface area (Å²) >= 11 is 5.51. The number of nitrogens with zero attached hydrogens (tertiary/aromatic N) is 1. The summed E-state index contributed by atoms with van der Waals surface area (Å²) in [6.45, 7) is 2.80. The van der Waals surface area contributed by atoms with Gasteiger partial charge in [-0.1, -0.05) is 11.6 Å². The van der Waals surface area contributed by atoms with Gasteiger partial charge in [0, 0.05) is 0 Å². The van der Waals surface area contributed by atoms with Crippen molar-refractivity contribution in [3.05, 3.63) is 34.4 Å². The molecule has 2 nitrogen and oxygen atoms in total. The molecule has 0 fully saturated rings. The van der Waals surface area contributed by atoms with Crippen LogP contribution in [0.1, 0.15) is 19.4 Å². The van der Waals surface area contributed by atoms with Crippen LogP contribution in [-0.4, -0.2) is 6.08 Å². The Labute approximate surface area is 90.6 Å². The minimum Gasteiger partial charge on any atom is -0.211 e. The molecular weight excluding hydrogens is 224 g/mol. The monoisotopic (exact) mass is 231 g/mol. The van der Waals surface area contributed by atoms with E-state index >= 15 is 0 Å². The van der Waals surface area contributed by atoms with Crippen molar-refractivity contribution in [2.75, 3.05) is 0 Å². The lowest BCUT2D eigenvalue weighted by Crippen LogP contribution is -2.18. The highest BCUT2D eigenvalue weighted by atomic mass is 35.5. The van der Waals surface area contributed by atoms with Crippen molar-refractivity contribution in [1.82, 2.24) is 0 Å². The minimum atomic E-state index is -1.32. The van der Waals surface area contributed by atoms with Gasteiger partial charge in [0.1, 0.15) is 11.6 Å². The topological polar surface area (TPSA) is 29.4 Å². The molecule has 0 N–H and O–H groups in total. The molecule has 0 saturated heterocycles. The van der Waals surface area contributed by atoms with Crippen molar-refractivity contribution in [3.63, 3.8) is 0 Å². The first-order valence-corrected chi connectivity index (χ1v) is 4.51. The first-order valence-electron chi connectivity index (χ1n) is 4.13. The van der Waals surface area contributed by atoms with Crippen LogP contribution in [0.2, 0.25) is 5.02 Å². The molecule has 1 rings (SSSR count). The standard InChI is InChI=1S/C10H8ClF2NO/c1-10(2,14-5-15)8-7(12)4-3-6(11)9(8)13/h3-4H,1-2H3. The van der Waals surface area contributed by atoms with Gasteiger partial charge in [-0.3, -0.25) is 0 Å². The maximum Gasteiger partial charge on any atom is 0.235 e. The van der Waals surface area contributed by atoms with E-state index in [2.05, 4.69) is 4.99 Å². The average Bonchev–Trinajstić information content (AvgIpc) is 2.11. The predicted molar refractivity (Wildman–Crippen MR) is 52.5 cm³/mol. The Balaban J connectivity index is 3.48. The summed E-state index contributed by atoms with van der Waals surface area (Å²) in [6.07, 6.45) is 1.28. The van der Waals surface area contributed by atoms with Crippen LogP contribution >= 0.6 is 11.6 Å². The largest absolute Gasteiger partial charge is 0.235 e. The Bertz CT molecular complexity index is 439. The number of aliphatic imine (C=N–C) groups is 1. The fourth-order valence-corrected chi connectivity index (χ4v) is 1.42. The van der Waals surface area contributed by atoms with E-state index in [-0.39, 0.29) is 10.6 Å². The third-order valence-corrected chi connectivity index (χ3v) is 2.27. The van der Waals surface area contributed by atoms with Crippen LogP contribution in [0.15, 0.2) is 17.1 Å². The summed E-state index contributed by atoms with van der Waals surface area (Å²) in [5.41, 5.74) is -1.65. The molecule has 0 heterocycles. The fraction of sp³-hybridized carbons (Fsp3) is 0.300. The van der Waals surface area contributed by atoms with Crippen LogP contribution in [0, 0.1) is 11.6 Å². The van der Waals surface area contributed by atoms with Gasteiger partial charge in [-0.05, 0) is 26.0 Å². The van der Waals surface area contributed by atoms with Gasteiger partial charge in [0.15, 0.2) is 0 Å². The highest BCUT2D eigenvalue weighted by Crippen LogP contribution is 2.32. The maximum atomic E-state index is 13.5. The van der Waals surface area contributed by atoms with Gasteiger partial charge in [0.25, 0.3) is 0 Å². The number of carbonyl (C=O) groups excluding carboxylic acids is 1. The van der Waals surface area contributed by atoms with Crippen LogP contribution in [0.4, 0.5) is 8.78 Å². The van der Waals surface area contributed by atoms with Crippen molar-refractivity contribution >= 4 is 17.7 Å². The van der Waals surface area contributed by atoms with Crippen molar-refractivity contribution in [3.8, 4) is 0 Å². The first kappa shape index (κ1) is 11.8. The molecule has 0 amide bonds. The molecule has 80 valence electrons. The highest BCUT2D eigenvalue weighted by molar-refractivity contribution is 6.30. The third-order valence-electron chi connectivity index (χ3n) is 1.98. The zero-order chi connectivity index (χ0) is 11.6. The molecule has 0 aliphatic rings. The number of hydrogen-bond donors (Lipinski definition) is 0. The van der Waals surface area contributed by atoms with Gasteiger partial charge in [0.05, 0.1) is 16.1 Å². The number of benzene rings is 1. The second-order valence-electron chi connectivity index (χ2n) is 3.48. The second kappa shape index (κ2) is 4.09. The van der Waals surface area contributed by atoms with Gasteiger partial charge in [0.2, 0.25) is 6.08 Å². The highest BCUT2D eigenvalue weighted by Gasteiger charge is 2.28. The molecule has 0 spiro atoms. The number of rotatable bonds is 2. The summed E-state index contributed by atoms with van der Waals surface area (Å²) in [4.78, 5) is 13.5. The maximum absolute atomic E-state index is 13.5. The summed E-state index contributed by atoms with van der Waals surface area (Å²) in [5.74, 6) is -1.69. The summed E-state index contributed by atoms with van der Waals surface area (Å²) in [6, 6.07) is 2.14. The quantitative estimate of drug-likeness (QED) is 0.437. The molecule has 0 aromatic heterocycles. The average molecular weight is 232 g/mol. The van der Waals surface area contributed by atoms with E-state index in [0.717, 1.165) is 12.1 Å². The Kier molecular flexibility index (Phi) is 3.22. The zero-order valence-electron chi connectivity index (χ0n) is 8.14. The van der Waals surface area contributed by atoms with Crippen LogP contribution < -0.4 is 0 Å². The molecular formula is C10H8ClF2NO. The molecule has 0 aliphatic heterocycles. The lowest BCUT2D eigenvalue weighted by Gasteiger charge is -2.19. The van der Waals surface area contributed by atoms with E-state index in [1.165, 1.54) is 19.9 Å². The molecule has 0 unspecified atom stereocenters. The van der Waals surface area contributed by atoms with Gasteiger partial charge in [-0.2, -0.15) is 4.99 Å². The smallest absolute Gasteiger partial charge is 0.211 e. The molecule has 1 aromatic carbocycles. The van der Waals surface area contributed by atoms with Crippen LogP contribution in [-0.2, 0) is 10.3 Å². The lowest BCUT2D eigenvalue weighted by atomic mass is 9.94. The number of halogens is 3. The van der Waals surface area contributed by atoms with Crippen molar-refractivity contribution in [2.24, 2.45) is 4.99 Å². The SMILES string of the molecule is CC(C)(N=C=O)c1c(F)ccc(Cl)c1F. The molecule has 0 atom stereocenters. The van der Waals surface area contributed by atoms with Gasteiger partial charge in [-0.25, -0.2) is 13.6 Å². The molecule has 1 aromatic rings. The van der Waals surface area contributed by atoms with E-state index < -0.39 is 17.2 Å². The van der Waals surface area contributed by atoms with Gasteiger partial charge < -0.3 is 0 Å². The number of hydrogen-bond acceptors (Lipinski definition) is 2. The first-order chi connectivity index (χ1) is 6.90. The van der Waals surface area contributed by atoms with E-state index in [1.54, 1.807) is 0 Å². The Morgan fingerprint density at radius 3 is 2.53 bits per heavy atom. The summed E-state index contributed by atoms with van der Waals surface area (Å²) in [5, 5.41) is -0.208. The fourth-order valence-electron chi connectivity index (χ4n) is 1.26. The molecule has 0 saturated carbocycles. The molecule has 0 radical (unpaired) electrons. The van der Waals surface area contributed by atoms with E-state index in [0.29, 0.717) is 0 Å². The van der Waals surface area contributed by atoms with Crippen LogP contribution in [0.3, 0.4) is 0 Å². The van der Waals surface area contributed by atoms with E-state index in [4.69, 9.17) is 11.6 Å². The van der Waals surface area contributed by atoms with Gasteiger partial charge in [-0.15, -0.1) is 0 Å². The normalized spacial score (nSPS) is 11.0. The summed E-state index contributed by atoms with van der Waals surface area (Å²) < 4.78 is 26.9. The Morgan fingerprint density at radius 1 is 1.40 bits per heavy atom. The lowest BCUT2D eigenvalue weighted by molar-refractivity contribution is 0.456. The Hall–Kier alpha value is -1.25. The van der Waals surface area contributed by atoms with E-state index in [9.17, 15) is 13.6 Å². The summed E-state index contributed by atoms with van der Waals surface area (Å²) in [7, 11) is 0. The molecule has 15 heavy (non-hydrogen) atoms. The number of isocyanates is 1. The van der Waals surface area contributed by atoms with Gasteiger partial charge >= 0.3 is 0 Å². The zero-order valence-corrected chi connectivity index (χ0v) is 8.90. The third kappa shape index (κ3) is 2.22. The van der Waals surface area contributed by atoms with Crippen LogP contribution in [0.5, 0.6) is 0 Å². The van der Waals surface area contributed by atoms with Crippen molar-refractivity contribution in [2.45, 2.75) is 19.4 Å². The van der Waals surface area contributed by atoms with Crippen LogP contribution in [0.25, 0.3) is 0 Å². The van der Waals surface area contributed by atoms with Crippen molar-refractivity contribution in [1.29, 1.82) is 0 Å². The predicted octanol–water partition coefficient (Wildman–Crippen LogP) is 3.19. The van der Waals surface area contributed by atoms with E-state index in [1.807, 2.05) is 0 Å². The van der Waals surface area contributed by atoms with Crippen molar-refractivity contribution < 1.29 is 13.6 Å².